The Hall–Kier alpha value is -1.52. The van der Waals surface area contributed by atoms with E-state index in [-0.39, 0.29) is 47.5 Å². The van der Waals surface area contributed by atoms with Gasteiger partial charge in [0.1, 0.15) is 20.2 Å². The molecule has 6 nitrogen and oxygen atoms in total. The number of hydrogen-bond donors (Lipinski definition) is 0. The molecule has 0 amide bonds. The molecule has 300 valence electrons. The van der Waals surface area contributed by atoms with Crippen molar-refractivity contribution in [3.63, 3.8) is 0 Å². The number of rotatable bonds is 26. The van der Waals surface area contributed by atoms with E-state index in [4.69, 9.17) is 0 Å². The molecule has 0 aliphatic heterocycles. The van der Waals surface area contributed by atoms with Gasteiger partial charge in [0, 0.05) is 0 Å². The van der Waals surface area contributed by atoms with E-state index in [1.165, 1.54) is 141 Å². The SMILES string of the molecule is CCCCCCCCCCCCCc1ccc2cccc(S(=O)(=O)[O-])c2c1.CCCCCCCCCCCCCc1ccc2cccc(S(=O)(=O)[O-])c2c1.[Ca+2]. The van der Waals surface area contributed by atoms with E-state index < -0.39 is 20.2 Å². The standard InChI is InChI=1S/2C23H34O3S.Ca/c2*1-2-3-4-5-6-7-8-9-10-11-12-14-20-17-18-21-15-13-16-23(22(21)19-20)27(24,25)26;/h2*13,15-19H,2-12,14H2,1H3,(H,24,25,26);/q;;+2/p-2. The van der Waals surface area contributed by atoms with Crippen LogP contribution < -0.4 is 0 Å². The van der Waals surface area contributed by atoms with E-state index in [0.717, 1.165) is 47.6 Å². The van der Waals surface area contributed by atoms with Gasteiger partial charge < -0.3 is 9.11 Å². The molecular weight excluding hydrogens is 753 g/mol. The Morgan fingerprint density at radius 1 is 0.400 bits per heavy atom. The molecule has 0 aliphatic rings. The average Bonchev–Trinajstić information content (AvgIpc) is 3.15. The summed E-state index contributed by atoms with van der Waals surface area (Å²) in [5.74, 6) is 0. The molecule has 0 radical (unpaired) electrons. The van der Waals surface area contributed by atoms with Crippen molar-refractivity contribution in [3.05, 3.63) is 83.9 Å². The molecule has 0 bridgehead atoms. The summed E-state index contributed by atoms with van der Waals surface area (Å²) in [6, 6.07) is 21.4. The summed E-state index contributed by atoms with van der Waals surface area (Å²) >= 11 is 0. The third-order valence-corrected chi connectivity index (χ3v) is 12.3. The van der Waals surface area contributed by atoms with Crippen LogP contribution in [-0.2, 0) is 33.1 Å². The topological polar surface area (TPSA) is 114 Å². The van der Waals surface area contributed by atoms with Crippen molar-refractivity contribution in [1.82, 2.24) is 0 Å². The van der Waals surface area contributed by atoms with Crippen LogP contribution in [0.1, 0.15) is 166 Å². The molecular formula is C46H66CaO6S2. The van der Waals surface area contributed by atoms with Gasteiger partial charge in [0.25, 0.3) is 0 Å². The van der Waals surface area contributed by atoms with E-state index in [1.54, 1.807) is 12.1 Å². The van der Waals surface area contributed by atoms with Gasteiger partial charge in [0.05, 0.1) is 9.79 Å². The van der Waals surface area contributed by atoms with Crippen LogP contribution >= 0.6 is 0 Å². The van der Waals surface area contributed by atoms with Crippen LogP contribution in [0.15, 0.2) is 82.6 Å². The van der Waals surface area contributed by atoms with Crippen LogP contribution in [0.25, 0.3) is 21.5 Å². The van der Waals surface area contributed by atoms with Gasteiger partial charge in [0.15, 0.2) is 0 Å². The summed E-state index contributed by atoms with van der Waals surface area (Å²) in [5.41, 5.74) is 2.21. The summed E-state index contributed by atoms with van der Waals surface area (Å²) in [5, 5.41) is 2.70. The number of benzene rings is 4. The third-order valence-electron chi connectivity index (χ3n) is 10.5. The Morgan fingerprint density at radius 2 is 0.691 bits per heavy atom. The van der Waals surface area contributed by atoms with Gasteiger partial charge in [-0.25, -0.2) is 16.8 Å². The molecule has 0 unspecified atom stereocenters. The van der Waals surface area contributed by atoms with Crippen LogP contribution in [0, 0.1) is 0 Å². The summed E-state index contributed by atoms with van der Waals surface area (Å²) in [6.07, 6.45) is 30.7. The molecule has 4 aromatic carbocycles. The maximum absolute atomic E-state index is 11.5. The Bertz CT molecular complexity index is 1740. The van der Waals surface area contributed by atoms with Gasteiger partial charge in [-0.05, 0) is 82.6 Å². The number of fused-ring (bicyclic) bond motifs is 2. The number of hydrogen-bond acceptors (Lipinski definition) is 6. The zero-order valence-electron chi connectivity index (χ0n) is 33.9. The van der Waals surface area contributed by atoms with Crippen molar-refractivity contribution in [2.75, 3.05) is 0 Å². The molecule has 0 saturated carbocycles. The first-order valence-corrected chi connectivity index (χ1v) is 23.8. The first-order chi connectivity index (χ1) is 26.0. The van der Waals surface area contributed by atoms with Crippen molar-refractivity contribution in [2.45, 2.75) is 178 Å². The zero-order chi connectivity index (χ0) is 39.1. The first kappa shape index (κ1) is 49.6. The summed E-state index contributed by atoms with van der Waals surface area (Å²) in [7, 11) is -8.88. The van der Waals surface area contributed by atoms with Gasteiger partial charge in [-0.15, -0.1) is 0 Å². The van der Waals surface area contributed by atoms with Crippen LogP contribution in [0.4, 0.5) is 0 Å². The maximum Gasteiger partial charge on any atom is 2.00 e. The van der Waals surface area contributed by atoms with Gasteiger partial charge in [-0.1, -0.05) is 191 Å². The molecule has 0 aliphatic carbocycles. The Labute approximate surface area is 364 Å². The monoisotopic (exact) mass is 818 g/mol. The fourth-order valence-electron chi connectivity index (χ4n) is 7.32. The fraction of sp³-hybridized carbons (Fsp3) is 0.565. The first-order valence-electron chi connectivity index (χ1n) is 21.0. The van der Waals surface area contributed by atoms with E-state index >= 15 is 0 Å². The second-order valence-electron chi connectivity index (χ2n) is 15.1. The predicted octanol–water partition coefficient (Wildman–Crippen LogP) is 12.8. The smallest absolute Gasteiger partial charge is 0.744 e. The molecule has 0 atom stereocenters. The maximum atomic E-state index is 11.5. The van der Waals surface area contributed by atoms with Crippen molar-refractivity contribution in [1.29, 1.82) is 0 Å². The molecule has 55 heavy (non-hydrogen) atoms. The molecule has 9 heteroatoms. The normalized spacial score (nSPS) is 11.7. The number of unbranched alkanes of at least 4 members (excludes halogenated alkanes) is 20. The largest absolute Gasteiger partial charge is 2.00 e. The Kier molecular flexibility index (Phi) is 25.3. The average molecular weight is 819 g/mol. The molecule has 4 aromatic rings. The minimum Gasteiger partial charge on any atom is -0.744 e. The summed E-state index contributed by atoms with van der Waals surface area (Å²) < 4.78 is 68.8. The molecule has 0 N–H and O–H groups in total. The number of aryl methyl sites for hydroxylation is 2. The van der Waals surface area contributed by atoms with Crippen molar-refractivity contribution in [3.8, 4) is 0 Å². The second-order valence-corrected chi connectivity index (χ2v) is 17.8. The van der Waals surface area contributed by atoms with Crippen LogP contribution in [0.5, 0.6) is 0 Å². The summed E-state index contributed by atoms with van der Waals surface area (Å²) in [4.78, 5) is -0.221. The predicted molar refractivity (Wildman–Crippen MR) is 230 cm³/mol. The van der Waals surface area contributed by atoms with Crippen molar-refractivity contribution in [2.24, 2.45) is 0 Å². The van der Waals surface area contributed by atoms with E-state index in [1.807, 2.05) is 48.5 Å². The molecule has 0 spiro atoms. The van der Waals surface area contributed by atoms with Gasteiger partial charge >= 0.3 is 37.7 Å². The van der Waals surface area contributed by atoms with Gasteiger partial charge in [-0.2, -0.15) is 0 Å². The quantitative estimate of drug-likeness (QED) is 0.0354. The van der Waals surface area contributed by atoms with Crippen LogP contribution in [0.3, 0.4) is 0 Å². The van der Waals surface area contributed by atoms with E-state index in [9.17, 15) is 25.9 Å². The summed E-state index contributed by atoms with van der Waals surface area (Å²) in [6.45, 7) is 4.51. The van der Waals surface area contributed by atoms with Crippen molar-refractivity contribution < 1.29 is 25.9 Å². The minimum absolute atomic E-state index is 0. The van der Waals surface area contributed by atoms with E-state index in [2.05, 4.69) is 13.8 Å². The molecule has 0 saturated heterocycles. The van der Waals surface area contributed by atoms with Crippen LogP contribution in [-0.4, -0.2) is 63.7 Å². The molecule has 4 rings (SSSR count). The fourth-order valence-corrected chi connectivity index (χ4v) is 8.70. The van der Waals surface area contributed by atoms with Crippen LogP contribution in [0.2, 0.25) is 0 Å². The Morgan fingerprint density at radius 3 is 0.982 bits per heavy atom. The minimum atomic E-state index is -4.44. The zero-order valence-corrected chi connectivity index (χ0v) is 37.7. The molecule has 0 heterocycles. The molecule has 0 aromatic heterocycles. The molecule has 0 fully saturated rings. The Balaban J connectivity index is 0.000000373. The van der Waals surface area contributed by atoms with Crippen molar-refractivity contribution >= 4 is 79.5 Å². The van der Waals surface area contributed by atoms with E-state index in [0.29, 0.717) is 10.8 Å². The van der Waals surface area contributed by atoms with Gasteiger partial charge in [0.2, 0.25) is 0 Å². The van der Waals surface area contributed by atoms with Gasteiger partial charge in [-0.3, -0.25) is 0 Å². The second kappa shape index (κ2) is 28.0. The third kappa shape index (κ3) is 19.7.